The summed E-state index contributed by atoms with van der Waals surface area (Å²) >= 11 is 0. The van der Waals surface area contributed by atoms with E-state index < -0.39 is 0 Å². The lowest BCUT2D eigenvalue weighted by Crippen LogP contribution is -2.51. The first kappa shape index (κ1) is 15.3. The molecule has 2 N–H and O–H groups in total. The van der Waals surface area contributed by atoms with Crippen LogP contribution < -0.4 is 5.73 Å². The number of nitrogens with two attached hydrogens (primary N) is 1. The summed E-state index contributed by atoms with van der Waals surface area (Å²) in [6.07, 6.45) is 6.64. The Kier molecular flexibility index (Phi) is 4.62. The van der Waals surface area contributed by atoms with Gasteiger partial charge in [-0.15, -0.1) is 0 Å². The molecule has 112 valence electrons. The van der Waals surface area contributed by atoms with Crippen LogP contribution in [0.4, 0.5) is 0 Å². The summed E-state index contributed by atoms with van der Waals surface area (Å²) in [4.78, 5) is 2.80. The summed E-state index contributed by atoms with van der Waals surface area (Å²) in [5.41, 5.74) is 6.68. The van der Waals surface area contributed by atoms with Gasteiger partial charge in [0.05, 0.1) is 0 Å². The van der Waals surface area contributed by atoms with Crippen molar-refractivity contribution in [3.8, 4) is 0 Å². The molecule has 2 nitrogen and oxygen atoms in total. The molecular formula is C17H34N2. The second-order valence-corrected chi connectivity index (χ2v) is 7.73. The molecule has 1 saturated heterocycles. The maximum atomic E-state index is 6.29. The lowest BCUT2D eigenvalue weighted by atomic mass is 9.61. The maximum Gasteiger partial charge on any atom is 0.00961 e. The van der Waals surface area contributed by atoms with Crippen LogP contribution in [0.25, 0.3) is 0 Å². The summed E-state index contributed by atoms with van der Waals surface area (Å²) in [6.45, 7) is 13.3. The van der Waals surface area contributed by atoms with Gasteiger partial charge in [0.25, 0.3) is 0 Å². The molecule has 0 spiro atoms. The average Bonchev–Trinajstić information content (AvgIpc) is 2.71. The highest BCUT2D eigenvalue weighted by molar-refractivity contribution is 4.96. The lowest BCUT2D eigenvalue weighted by molar-refractivity contribution is 0.0178. The van der Waals surface area contributed by atoms with Gasteiger partial charge in [-0.3, -0.25) is 4.90 Å². The summed E-state index contributed by atoms with van der Waals surface area (Å²) in [6, 6.07) is 2.02. The molecule has 1 heterocycles. The molecule has 1 aliphatic heterocycles. The van der Waals surface area contributed by atoms with E-state index in [0.29, 0.717) is 17.4 Å². The maximum absolute atomic E-state index is 6.29. The Labute approximate surface area is 120 Å². The Balaban J connectivity index is 2.05. The summed E-state index contributed by atoms with van der Waals surface area (Å²) < 4.78 is 0. The van der Waals surface area contributed by atoms with Gasteiger partial charge in [-0.05, 0) is 56.3 Å². The van der Waals surface area contributed by atoms with Crippen molar-refractivity contribution in [1.82, 2.24) is 4.90 Å². The Morgan fingerprint density at radius 2 is 1.79 bits per heavy atom. The van der Waals surface area contributed by atoms with Crippen molar-refractivity contribution in [2.75, 3.05) is 6.54 Å². The Morgan fingerprint density at radius 3 is 2.42 bits per heavy atom. The van der Waals surface area contributed by atoms with Crippen LogP contribution in [0.1, 0.15) is 66.7 Å². The van der Waals surface area contributed by atoms with Gasteiger partial charge in [-0.1, -0.05) is 27.7 Å². The van der Waals surface area contributed by atoms with Crippen molar-refractivity contribution >= 4 is 0 Å². The molecule has 1 aliphatic carbocycles. The van der Waals surface area contributed by atoms with Crippen molar-refractivity contribution in [2.45, 2.75) is 84.8 Å². The van der Waals surface area contributed by atoms with Gasteiger partial charge in [-0.2, -0.15) is 0 Å². The van der Waals surface area contributed by atoms with Crippen molar-refractivity contribution in [3.05, 3.63) is 0 Å². The molecule has 19 heavy (non-hydrogen) atoms. The van der Waals surface area contributed by atoms with E-state index in [1.165, 1.54) is 38.6 Å². The van der Waals surface area contributed by atoms with Crippen molar-refractivity contribution in [3.63, 3.8) is 0 Å². The van der Waals surface area contributed by atoms with Gasteiger partial charge in [0, 0.05) is 24.7 Å². The average molecular weight is 266 g/mol. The second kappa shape index (κ2) is 5.73. The number of hydrogen-bond donors (Lipinski definition) is 1. The minimum Gasteiger partial charge on any atom is -0.327 e. The monoisotopic (exact) mass is 266 g/mol. The van der Waals surface area contributed by atoms with Crippen LogP contribution in [0.2, 0.25) is 0 Å². The van der Waals surface area contributed by atoms with Crippen molar-refractivity contribution in [1.29, 1.82) is 0 Å². The zero-order valence-electron chi connectivity index (χ0n) is 13.7. The van der Waals surface area contributed by atoms with Crippen LogP contribution in [0, 0.1) is 17.3 Å². The van der Waals surface area contributed by atoms with Gasteiger partial charge in [0.1, 0.15) is 0 Å². The van der Waals surface area contributed by atoms with E-state index in [9.17, 15) is 0 Å². The van der Waals surface area contributed by atoms with E-state index in [1.54, 1.807) is 0 Å². The first-order valence-corrected chi connectivity index (χ1v) is 8.39. The molecular weight excluding hydrogens is 232 g/mol. The van der Waals surface area contributed by atoms with Crippen LogP contribution in [-0.4, -0.2) is 29.6 Å². The molecule has 2 fully saturated rings. The quantitative estimate of drug-likeness (QED) is 0.845. The van der Waals surface area contributed by atoms with Crippen LogP contribution in [0.3, 0.4) is 0 Å². The Bertz CT molecular complexity index is 300. The van der Waals surface area contributed by atoms with Gasteiger partial charge in [0.15, 0.2) is 0 Å². The third-order valence-corrected chi connectivity index (χ3v) is 6.57. The molecule has 0 aromatic rings. The third-order valence-electron chi connectivity index (χ3n) is 6.57. The molecule has 2 aliphatic rings. The Morgan fingerprint density at radius 1 is 1.11 bits per heavy atom. The van der Waals surface area contributed by atoms with E-state index in [2.05, 4.69) is 39.5 Å². The van der Waals surface area contributed by atoms with E-state index in [-0.39, 0.29) is 0 Å². The summed E-state index contributed by atoms with van der Waals surface area (Å²) in [5.74, 6) is 1.46. The summed E-state index contributed by atoms with van der Waals surface area (Å²) in [5, 5.41) is 0. The molecule has 1 saturated carbocycles. The fourth-order valence-corrected chi connectivity index (χ4v) is 4.41. The van der Waals surface area contributed by atoms with E-state index >= 15 is 0 Å². The van der Waals surface area contributed by atoms with Crippen LogP contribution >= 0.6 is 0 Å². The van der Waals surface area contributed by atoms with Crippen molar-refractivity contribution < 1.29 is 0 Å². The van der Waals surface area contributed by atoms with Crippen molar-refractivity contribution in [2.24, 2.45) is 23.0 Å². The highest BCUT2D eigenvalue weighted by Crippen LogP contribution is 2.45. The van der Waals surface area contributed by atoms with Gasteiger partial charge in [0.2, 0.25) is 0 Å². The molecule has 0 aromatic heterocycles. The zero-order chi connectivity index (χ0) is 14.2. The largest absolute Gasteiger partial charge is 0.327 e. The number of rotatable bonds is 3. The standard InChI is InChI=1S/C17H34N2/c1-6-15-9-7-12(2)19(15)11-14-8-10-16(18)13(3)17(14,4)5/h12-16H,6-11,18H2,1-5H3. The topological polar surface area (TPSA) is 29.3 Å². The van der Waals surface area contributed by atoms with E-state index in [0.717, 1.165) is 18.0 Å². The minimum absolute atomic E-state index is 0.387. The van der Waals surface area contributed by atoms with Gasteiger partial charge < -0.3 is 5.73 Å². The number of hydrogen-bond acceptors (Lipinski definition) is 2. The fraction of sp³-hybridized carbons (Fsp3) is 1.00. The first-order valence-electron chi connectivity index (χ1n) is 8.39. The molecule has 0 aromatic carbocycles. The van der Waals surface area contributed by atoms with Gasteiger partial charge >= 0.3 is 0 Å². The molecule has 2 rings (SSSR count). The number of likely N-dealkylation sites (tertiary alicyclic amines) is 1. The van der Waals surface area contributed by atoms with Crippen LogP contribution in [0.5, 0.6) is 0 Å². The second-order valence-electron chi connectivity index (χ2n) is 7.73. The molecule has 2 heteroatoms. The highest BCUT2D eigenvalue weighted by atomic mass is 15.2. The van der Waals surface area contributed by atoms with Crippen LogP contribution in [-0.2, 0) is 0 Å². The van der Waals surface area contributed by atoms with Gasteiger partial charge in [-0.25, -0.2) is 0 Å². The molecule has 0 radical (unpaired) electrons. The zero-order valence-corrected chi connectivity index (χ0v) is 13.7. The van der Waals surface area contributed by atoms with Crippen LogP contribution in [0.15, 0.2) is 0 Å². The molecule has 0 bridgehead atoms. The van der Waals surface area contributed by atoms with E-state index in [4.69, 9.17) is 5.73 Å². The minimum atomic E-state index is 0.387. The first-order chi connectivity index (χ1) is 8.87. The smallest absolute Gasteiger partial charge is 0.00961 e. The fourth-order valence-electron chi connectivity index (χ4n) is 4.41. The highest BCUT2D eigenvalue weighted by Gasteiger charge is 2.43. The third kappa shape index (κ3) is 2.85. The molecule has 5 atom stereocenters. The Hall–Kier alpha value is -0.0800. The predicted molar refractivity (Wildman–Crippen MR) is 83.1 cm³/mol. The SMILES string of the molecule is CCC1CCC(C)N1CC1CCC(N)C(C)C1(C)C. The lowest BCUT2D eigenvalue weighted by Gasteiger charge is -2.49. The normalized spacial score (nSPS) is 43.6. The number of nitrogens with zero attached hydrogens (tertiary/aromatic N) is 1. The molecule has 5 unspecified atom stereocenters. The van der Waals surface area contributed by atoms with E-state index in [1.807, 2.05) is 0 Å². The predicted octanol–water partition coefficient (Wildman–Crippen LogP) is 3.65. The molecule has 0 amide bonds. The summed E-state index contributed by atoms with van der Waals surface area (Å²) in [7, 11) is 0.